The molecule has 142 valence electrons. The summed E-state index contributed by atoms with van der Waals surface area (Å²) in [5.74, 6) is -1.49. The number of hydrogen-bond acceptors (Lipinski definition) is 6. The smallest absolute Gasteiger partial charge is 0.154 e. The molecule has 2 aromatic rings. The second-order valence-corrected chi connectivity index (χ2v) is 7.72. The van der Waals surface area contributed by atoms with E-state index in [4.69, 9.17) is 10.5 Å². The molecule has 0 amide bonds. The summed E-state index contributed by atoms with van der Waals surface area (Å²) in [7, 11) is 0. The first kappa shape index (κ1) is 18.2. The fourth-order valence-corrected chi connectivity index (χ4v) is 4.84. The summed E-state index contributed by atoms with van der Waals surface area (Å²) in [6, 6.07) is 2.20. The second-order valence-electron chi connectivity index (χ2n) is 6.68. The topological polar surface area (TPSA) is 73.4 Å². The molecule has 1 aromatic heterocycles. The molecule has 3 heterocycles. The molecular weight excluding hydrogens is 377 g/mol. The quantitative estimate of drug-likeness (QED) is 0.866. The predicted molar refractivity (Wildman–Crippen MR) is 96.9 cm³/mol. The van der Waals surface area contributed by atoms with Gasteiger partial charge in [-0.15, -0.1) is 0 Å². The van der Waals surface area contributed by atoms with Crippen molar-refractivity contribution in [2.75, 3.05) is 12.4 Å². The van der Waals surface area contributed by atoms with Crippen molar-refractivity contribution in [1.29, 1.82) is 0 Å². The van der Waals surface area contributed by atoms with E-state index in [0.29, 0.717) is 11.3 Å². The van der Waals surface area contributed by atoms with Crippen molar-refractivity contribution >= 4 is 16.9 Å². The Morgan fingerprint density at radius 2 is 2.00 bits per heavy atom. The summed E-state index contributed by atoms with van der Waals surface area (Å²) in [6.45, 7) is 1.38. The van der Waals surface area contributed by atoms with Gasteiger partial charge in [0.25, 0.3) is 0 Å². The fourth-order valence-electron chi connectivity index (χ4n) is 3.80. The first-order chi connectivity index (χ1) is 12.9. The first-order valence-electron chi connectivity index (χ1n) is 8.41. The van der Waals surface area contributed by atoms with Crippen LogP contribution >= 0.6 is 11.8 Å². The van der Waals surface area contributed by atoms with E-state index in [-0.39, 0.29) is 22.9 Å². The number of benzene rings is 1. The normalized spacial score (nSPS) is 28.5. The Hall–Kier alpha value is -2.13. The van der Waals surface area contributed by atoms with Gasteiger partial charge in [0.2, 0.25) is 0 Å². The lowest BCUT2D eigenvalue weighted by Gasteiger charge is -2.36. The minimum Gasteiger partial charge on any atom is -0.379 e. The van der Waals surface area contributed by atoms with Crippen LogP contribution in [0.3, 0.4) is 0 Å². The van der Waals surface area contributed by atoms with E-state index in [2.05, 4.69) is 15.0 Å². The van der Waals surface area contributed by atoms with Gasteiger partial charge in [-0.25, -0.2) is 28.1 Å². The molecule has 9 heteroatoms. The maximum absolute atomic E-state index is 14.9. The standard InChI is InChI=1S/C18H17F3N4OS/c1-9(19)16-13-6-27-17(22)25-18(13,7-26-16)12-2-11(14(20)3-15(12)21)10-4-23-8-24-5-10/h2-5,8-9,13,16H,6-7H2,1H3,(H2,22,25)/t9?,13-,16-,18-/m1/s1. The molecule has 4 rings (SSSR count). The summed E-state index contributed by atoms with van der Waals surface area (Å²) in [4.78, 5) is 12.2. The van der Waals surface area contributed by atoms with E-state index in [0.717, 1.165) is 6.07 Å². The highest BCUT2D eigenvalue weighted by atomic mass is 32.2. The molecule has 5 nitrogen and oxygen atoms in total. The van der Waals surface area contributed by atoms with Gasteiger partial charge in [-0.1, -0.05) is 11.8 Å². The van der Waals surface area contributed by atoms with Crippen molar-refractivity contribution in [1.82, 2.24) is 9.97 Å². The Balaban J connectivity index is 1.90. The molecular formula is C18H17F3N4OS. The van der Waals surface area contributed by atoms with Crippen molar-refractivity contribution in [3.63, 3.8) is 0 Å². The van der Waals surface area contributed by atoms with Gasteiger partial charge in [-0.05, 0) is 13.0 Å². The van der Waals surface area contributed by atoms with Crippen LogP contribution in [0.4, 0.5) is 13.2 Å². The summed E-state index contributed by atoms with van der Waals surface area (Å²) >= 11 is 1.28. The zero-order valence-electron chi connectivity index (χ0n) is 14.4. The van der Waals surface area contributed by atoms with Crippen LogP contribution in [0, 0.1) is 17.6 Å². The van der Waals surface area contributed by atoms with Crippen LogP contribution in [-0.2, 0) is 10.3 Å². The number of aliphatic imine (C=N–C) groups is 1. The van der Waals surface area contributed by atoms with E-state index >= 15 is 0 Å². The van der Waals surface area contributed by atoms with Crippen molar-refractivity contribution in [3.05, 3.63) is 48.1 Å². The van der Waals surface area contributed by atoms with Crippen molar-refractivity contribution < 1.29 is 17.9 Å². The average molecular weight is 394 g/mol. The van der Waals surface area contributed by atoms with Gasteiger partial charge < -0.3 is 10.5 Å². The Labute approximate surface area is 158 Å². The first-order valence-corrected chi connectivity index (χ1v) is 9.39. The number of halogens is 3. The number of hydrogen-bond donors (Lipinski definition) is 1. The van der Waals surface area contributed by atoms with Crippen LogP contribution in [0.15, 0.2) is 35.8 Å². The molecule has 0 spiro atoms. The Morgan fingerprint density at radius 3 is 2.70 bits per heavy atom. The molecule has 2 aliphatic heterocycles. The summed E-state index contributed by atoms with van der Waals surface area (Å²) in [6.07, 6.45) is 2.21. The van der Waals surface area contributed by atoms with E-state index in [1.54, 1.807) is 0 Å². The molecule has 1 unspecified atom stereocenters. The van der Waals surface area contributed by atoms with Gasteiger partial charge in [0.1, 0.15) is 29.7 Å². The zero-order valence-corrected chi connectivity index (χ0v) is 15.2. The molecule has 0 bridgehead atoms. The molecule has 2 aliphatic rings. The number of nitrogens with zero attached hydrogens (tertiary/aromatic N) is 3. The number of nitrogens with two attached hydrogens (primary N) is 1. The largest absolute Gasteiger partial charge is 0.379 e. The minimum atomic E-state index is -1.25. The van der Waals surface area contributed by atoms with Crippen LogP contribution in [-0.4, -0.2) is 39.8 Å². The molecule has 2 N–H and O–H groups in total. The summed E-state index contributed by atoms with van der Waals surface area (Å²) in [5, 5.41) is 0.273. The van der Waals surface area contributed by atoms with Gasteiger partial charge in [0.05, 0.1) is 12.7 Å². The molecule has 1 aromatic carbocycles. The van der Waals surface area contributed by atoms with E-state index in [1.807, 2.05) is 0 Å². The van der Waals surface area contributed by atoms with Gasteiger partial charge in [-0.2, -0.15) is 0 Å². The second kappa shape index (κ2) is 6.79. The molecule has 27 heavy (non-hydrogen) atoms. The number of rotatable bonds is 3. The van der Waals surface area contributed by atoms with E-state index < -0.39 is 35.4 Å². The van der Waals surface area contributed by atoms with Crippen LogP contribution in [0.2, 0.25) is 0 Å². The maximum atomic E-state index is 14.9. The summed E-state index contributed by atoms with van der Waals surface area (Å²) < 4.78 is 49.1. The third-order valence-electron chi connectivity index (χ3n) is 5.07. The van der Waals surface area contributed by atoms with E-state index in [1.165, 1.54) is 43.5 Å². The van der Waals surface area contributed by atoms with Gasteiger partial charge >= 0.3 is 0 Å². The number of amidine groups is 1. The van der Waals surface area contributed by atoms with Crippen LogP contribution in [0.5, 0.6) is 0 Å². The van der Waals surface area contributed by atoms with Crippen molar-refractivity contribution in [2.24, 2.45) is 16.6 Å². The van der Waals surface area contributed by atoms with Gasteiger partial charge in [-0.3, -0.25) is 0 Å². The van der Waals surface area contributed by atoms with Crippen LogP contribution in [0.1, 0.15) is 12.5 Å². The number of ether oxygens (including phenoxy) is 1. The van der Waals surface area contributed by atoms with Gasteiger partial charge in [0, 0.05) is 46.8 Å². The Morgan fingerprint density at radius 1 is 1.26 bits per heavy atom. The monoisotopic (exact) mass is 394 g/mol. The Kier molecular flexibility index (Phi) is 4.59. The lowest BCUT2D eigenvalue weighted by Crippen LogP contribution is -2.44. The van der Waals surface area contributed by atoms with Crippen molar-refractivity contribution in [3.8, 4) is 11.1 Å². The van der Waals surface area contributed by atoms with Crippen molar-refractivity contribution in [2.45, 2.75) is 24.7 Å². The SMILES string of the molecule is CC(F)[C@H]1OC[C@]2(c3cc(-c4cncnc4)c(F)cc3F)N=C(N)SC[C@H]12. The molecule has 1 saturated heterocycles. The highest BCUT2D eigenvalue weighted by molar-refractivity contribution is 8.13. The average Bonchev–Trinajstić information content (AvgIpc) is 3.02. The number of alkyl halides is 1. The third kappa shape index (κ3) is 2.98. The maximum Gasteiger partial charge on any atom is 0.154 e. The predicted octanol–water partition coefficient (Wildman–Crippen LogP) is 3.05. The lowest BCUT2D eigenvalue weighted by atomic mass is 9.77. The molecule has 0 saturated carbocycles. The molecule has 0 aliphatic carbocycles. The summed E-state index contributed by atoms with van der Waals surface area (Å²) in [5.41, 5.74) is 5.40. The van der Waals surface area contributed by atoms with E-state index in [9.17, 15) is 13.2 Å². The lowest BCUT2D eigenvalue weighted by molar-refractivity contribution is 0.0346. The Bertz CT molecular complexity index is 896. The van der Waals surface area contributed by atoms with Crippen LogP contribution < -0.4 is 5.73 Å². The highest BCUT2D eigenvalue weighted by Gasteiger charge is 2.55. The number of aromatic nitrogens is 2. The molecule has 4 atom stereocenters. The minimum absolute atomic E-state index is 0.0227. The van der Waals surface area contributed by atoms with Crippen LogP contribution in [0.25, 0.3) is 11.1 Å². The van der Waals surface area contributed by atoms with Gasteiger partial charge in [0.15, 0.2) is 5.17 Å². The third-order valence-corrected chi connectivity index (χ3v) is 5.99. The zero-order chi connectivity index (χ0) is 19.2. The number of thioether (sulfide) groups is 1. The molecule has 0 radical (unpaired) electrons. The number of fused-ring (bicyclic) bond motifs is 1. The molecule has 1 fully saturated rings. The fraction of sp³-hybridized carbons (Fsp3) is 0.389. The highest BCUT2D eigenvalue weighted by Crippen LogP contribution is 2.49.